The lowest BCUT2D eigenvalue weighted by Gasteiger charge is -2.41. The number of urea groups is 1. The number of carbonyl (C=O) groups is 3. The molecule has 18 heavy (non-hydrogen) atoms. The number of hydrazine groups is 2. The molecule has 0 spiro atoms. The molecule has 1 atom stereocenters. The smallest absolute Gasteiger partial charge is 0.353 e. The SMILES string of the molecule is COC(=O)C1CCCN2C(=O)CCN(N)C(=O)N12. The largest absolute Gasteiger partial charge is 0.467 e. The summed E-state index contributed by atoms with van der Waals surface area (Å²) < 4.78 is 4.67. The molecule has 0 aromatic heterocycles. The molecule has 0 aliphatic carbocycles. The molecule has 0 radical (unpaired) electrons. The molecular weight excluding hydrogens is 240 g/mol. The second-order valence-corrected chi connectivity index (χ2v) is 4.27. The van der Waals surface area contributed by atoms with Gasteiger partial charge in [0.2, 0.25) is 5.91 Å². The third-order valence-corrected chi connectivity index (χ3v) is 3.17. The van der Waals surface area contributed by atoms with E-state index < -0.39 is 18.0 Å². The maximum Gasteiger partial charge on any atom is 0.353 e. The second kappa shape index (κ2) is 4.81. The Kier molecular flexibility index (Phi) is 3.37. The van der Waals surface area contributed by atoms with Crippen LogP contribution in [0.1, 0.15) is 19.3 Å². The summed E-state index contributed by atoms with van der Waals surface area (Å²) in [5.41, 5.74) is 0. The Morgan fingerprint density at radius 3 is 2.78 bits per heavy atom. The van der Waals surface area contributed by atoms with E-state index in [1.165, 1.54) is 12.1 Å². The summed E-state index contributed by atoms with van der Waals surface area (Å²) in [6.45, 7) is 0.574. The predicted molar refractivity (Wildman–Crippen MR) is 59.5 cm³/mol. The predicted octanol–water partition coefficient (Wildman–Crippen LogP) is -0.933. The van der Waals surface area contributed by atoms with Crippen molar-refractivity contribution in [2.45, 2.75) is 25.3 Å². The molecule has 2 N–H and O–H groups in total. The van der Waals surface area contributed by atoms with Gasteiger partial charge >= 0.3 is 12.0 Å². The number of rotatable bonds is 1. The van der Waals surface area contributed by atoms with Crippen LogP contribution in [0.4, 0.5) is 4.79 Å². The molecule has 2 aliphatic heterocycles. The van der Waals surface area contributed by atoms with Crippen LogP contribution in [-0.4, -0.2) is 59.2 Å². The zero-order chi connectivity index (χ0) is 13.3. The van der Waals surface area contributed by atoms with Crippen molar-refractivity contribution in [2.75, 3.05) is 20.2 Å². The fourth-order valence-electron chi connectivity index (χ4n) is 2.24. The highest BCUT2D eigenvalue weighted by molar-refractivity contribution is 5.88. The zero-order valence-corrected chi connectivity index (χ0v) is 10.2. The number of nitrogens with zero attached hydrogens (tertiary/aromatic N) is 3. The minimum atomic E-state index is -0.774. The lowest BCUT2D eigenvalue weighted by Crippen LogP contribution is -2.62. The monoisotopic (exact) mass is 256 g/mol. The van der Waals surface area contributed by atoms with E-state index in [0.717, 1.165) is 10.0 Å². The Balaban J connectivity index is 2.32. The van der Waals surface area contributed by atoms with Crippen LogP contribution < -0.4 is 5.84 Å². The lowest BCUT2D eigenvalue weighted by molar-refractivity contribution is -0.164. The van der Waals surface area contributed by atoms with E-state index in [-0.39, 0.29) is 18.9 Å². The summed E-state index contributed by atoms with van der Waals surface area (Å²) in [4.78, 5) is 35.7. The molecule has 2 aliphatic rings. The van der Waals surface area contributed by atoms with Crippen molar-refractivity contribution in [2.24, 2.45) is 5.84 Å². The van der Waals surface area contributed by atoms with Gasteiger partial charge in [-0.25, -0.2) is 25.4 Å². The van der Waals surface area contributed by atoms with Gasteiger partial charge in [-0.15, -0.1) is 0 Å². The molecule has 0 aromatic rings. The van der Waals surface area contributed by atoms with Gasteiger partial charge in [0.1, 0.15) is 0 Å². The number of hydrogen-bond donors (Lipinski definition) is 1. The number of nitrogens with two attached hydrogens (primary N) is 1. The van der Waals surface area contributed by atoms with E-state index in [1.807, 2.05) is 0 Å². The highest BCUT2D eigenvalue weighted by Gasteiger charge is 2.43. The molecule has 8 heteroatoms. The van der Waals surface area contributed by atoms with Crippen molar-refractivity contribution in [1.82, 2.24) is 15.0 Å². The Morgan fingerprint density at radius 2 is 2.11 bits per heavy atom. The number of fused-ring (bicyclic) bond motifs is 1. The first-order chi connectivity index (χ1) is 8.56. The van der Waals surface area contributed by atoms with Crippen LogP contribution in [-0.2, 0) is 14.3 Å². The molecule has 0 bridgehead atoms. The summed E-state index contributed by atoms with van der Waals surface area (Å²) in [6, 6.07) is -1.32. The highest BCUT2D eigenvalue weighted by Crippen LogP contribution is 2.23. The van der Waals surface area contributed by atoms with Crippen molar-refractivity contribution in [3.05, 3.63) is 0 Å². The number of esters is 1. The van der Waals surface area contributed by atoms with E-state index >= 15 is 0 Å². The Hall–Kier alpha value is -1.83. The average molecular weight is 256 g/mol. The van der Waals surface area contributed by atoms with Gasteiger partial charge in [-0.1, -0.05) is 0 Å². The molecule has 2 heterocycles. The van der Waals surface area contributed by atoms with Gasteiger partial charge in [0.05, 0.1) is 7.11 Å². The van der Waals surface area contributed by atoms with Gasteiger partial charge in [-0.2, -0.15) is 0 Å². The Morgan fingerprint density at radius 1 is 1.39 bits per heavy atom. The first kappa shape index (κ1) is 12.6. The Labute approximate surface area is 104 Å². The fraction of sp³-hybridized carbons (Fsp3) is 0.700. The van der Waals surface area contributed by atoms with Gasteiger partial charge in [0.15, 0.2) is 6.04 Å². The van der Waals surface area contributed by atoms with Crippen molar-refractivity contribution in [3.8, 4) is 0 Å². The maximum atomic E-state index is 12.1. The molecule has 100 valence electrons. The molecular formula is C10H16N4O4. The first-order valence-electron chi connectivity index (χ1n) is 5.79. The quantitative estimate of drug-likeness (QED) is 0.371. The van der Waals surface area contributed by atoms with Crippen LogP contribution in [0.3, 0.4) is 0 Å². The van der Waals surface area contributed by atoms with Crippen molar-refractivity contribution in [3.63, 3.8) is 0 Å². The molecule has 0 saturated carbocycles. The van der Waals surface area contributed by atoms with Gasteiger partial charge in [-0.05, 0) is 12.8 Å². The molecule has 0 aromatic carbocycles. The zero-order valence-electron chi connectivity index (χ0n) is 10.2. The van der Waals surface area contributed by atoms with Crippen LogP contribution in [0.2, 0.25) is 0 Å². The molecule has 2 saturated heterocycles. The van der Waals surface area contributed by atoms with Gasteiger partial charge in [-0.3, -0.25) is 9.80 Å². The van der Waals surface area contributed by atoms with Gasteiger partial charge < -0.3 is 4.74 Å². The van der Waals surface area contributed by atoms with Crippen molar-refractivity contribution >= 4 is 17.9 Å². The molecule has 2 rings (SSSR count). The summed E-state index contributed by atoms with van der Waals surface area (Å²) in [5.74, 6) is 4.83. The average Bonchev–Trinajstić information content (AvgIpc) is 2.50. The maximum absolute atomic E-state index is 12.1. The van der Waals surface area contributed by atoms with Crippen LogP contribution in [0.25, 0.3) is 0 Å². The molecule has 3 amide bonds. The molecule has 8 nitrogen and oxygen atoms in total. The minimum Gasteiger partial charge on any atom is -0.467 e. The van der Waals surface area contributed by atoms with E-state index in [4.69, 9.17) is 5.84 Å². The van der Waals surface area contributed by atoms with Gasteiger partial charge in [0, 0.05) is 19.5 Å². The van der Waals surface area contributed by atoms with Gasteiger partial charge in [0.25, 0.3) is 0 Å². The van der Waals surface area contributed by atoms with E-state index in [0.29, 0.717) is 19.4 Å². The molecule has 2 fully saturated rings. The second-order valence-electron chi connectivity index (χ2n) is 4.27. The van der Waals surface area contributed by atoms with Crippen LogP contribution in [0.5, 0.6) is 0 Å². The van der Waals surface area contributed by atoms with Crippen LogP contribution in [0.15, 0.2) is 0 Å². The summed E-state index contributed by atoms with van der Waals surface area (Å²) >= 11 is 0. The van der Waals surface area contributed by atoms with E-state index in [2.05, 4.69) is 4.74 Å². The van der Waals surface area contributed by atoms with Crippen molar-refractivity contribution < 1.29 is 19.1 Å². The van der Waals surface area contributed by atoms with Crippen LogP contribution in [0, 0.1) is 0 Å². The van der Waals surface area contributed by atoms with E-state index in [1.54, 1.807) is 0 Å². The highest BCUT2D eigenvalue weighted by atomic mass is 16.5. The summed E-state index contributed by atoms with van der Waals surface area (Å²) in [6.07, 6.45) is 1.28. The standard InChI is InChI=1S/C10H16N4O4/c1-18-9(16)7-3-2-5-13-8(15)4-6-12(11)10(17)14(7)13/h7H,2-6,11H2,1H3. The molecule has 1 unspecified atom stereocenters. The fourth-order valence-corrected chi connectivity index (χ4v) is 2.24. The number of methoxy groups -OCH3 is 1. The number of carbonyl (C=O) groups excluding carboxylic acids is 3. The third-order valence-electron chi connectivity index (χ3n) is 3.17. The number of hydrogen-bond acceptors (Lipinski definition) is 5. The lowest BCUT2D eigenvalue weighted by atomic mass is 10.1. The third kappa shape index (κ3) is 1.99. The number of amides is 3. The first-order valence-corrected chi connectivity index (χ1v) is 5.79. The summed E-state index contributed by atoms with van der Waals surface area (Å²) in [7, 11) is 1.26. The topological polar surface area (TPSA) is 96.2 Å². The Bertz CT molecular complexity index is 386. The van der Waals surface area contributed by atoms with E-state index in [9.17, 15) is 14.4 Å². The minimum absolute atomic E-state index is 0.151. The summed E-state index contributed by atoms with van der Waals surface area (Å²) in [5, 5.41) is 3.39. The van der Waals surface area contributed by atoms with Crippen molar-refractivity contribution in [1.29, 1.82) is 0 Å². The normalized spacial score (nSPS) is 24.8. The van der Waals surface area contributed by atoms with Crippen LogP contribution >= 0.6 is 0 Å². The number of ether oxygens (including phenoxy) is 1.